The minimum Gasteiger partial charge on any atom is -0.354 e. The number of rotatable bonds is 6. The number of halogens is 4. The van der Waals surface area contributed by atoms with Crippen molar-refractivity contribution in [2.75, 3.05) is 18.0 Å². The molecular formula is C26H20ClF3N2O2S. The highest BCUT2D eigenvalue weighted by Crippen LogP contribution is 2.42. The van der Waals surface area contributed by atoms with Crippen LogP contribution in [0, 0.1) is 0 Å². The van der Waals surface area contributed by atoms with Crippen molar-refractivity contribution in [3.63, 3.8) is 0 Å². The van der Waals surface area contributed by atoms with Crippen LogP contribution in [0.2, 0.25) is 5.02 Å². The third-order valence-electron chi connectivity index (χ3n) is 5.32. The van der Waals surface area contributed by atoms with E-state index >= 15 is 0 Å². The fraction of sp³-hybridized carbons (Fsp3) is 0.154. The first-order valence-electron chi connectivity index (χ1n) is 10.7. The van der Waals surface area contributed by atoms with Crippen molar-refractivity contribution >= 4 is 46.9 Å². The van der Waals surface area contributed by atoms with Crippen LogP contribution in [0.15, 0.2) is 82.6 Å². The Morgan fingerprint density at radius 3 is 2.37 bits per heavy atom. The van der Waals surface area contributed by atoms with E-state index in [1.54, 1.807) is 24.3 Å². The second-order valence-electron chi connectivity index (χ2n) is 7.82. The highest BCUT2D eigenvalue weighted by molar-refractivity contribution is 8.04. The van der Waals surface area contributed by atoms with Gasteiger partial charge in [0.15, 0.2) is 0 Å². The fourth-order valence-electron chi connectivity index (χ4n) is 3.54. The summed E-state index contributed by atoms with van der Waals surface area (Å²) in [5.41, 5.74) is 1.33. The summed E-state index contributed by atoms with van der Waals surface area (Å²) >= 11 is 7.11. The zero-order chi connectivity index (χ0) is 25.0. The Bertz CT molecular complexity index is 1260. The van der Waals surface area contributed by atoms with Crippen LogP contribution < -0.4 is 10.2 Å². The van der Waals surface area contributed by atoms with E-state index in [2.05, 4.69) is 5.32 Å². The summed E-state index contributed by atoms with van der Waals surface area (Å²) in [7, 11) is 0. The van der Waals surface area contributed by atoms with Crippen molar-refractivity contribution in [3.8, 4) is 0 Å². The van der Waals surface area contributed by atoms with Crippen molar-refractivity contribution in [1.82, 2.24) is 5.32 Å². The molecule has 0 atom stereocenters. The van der Waals surface area contributed by atoms with E-state index in [1.807, 2.05) is 24.3 Å². The molecule has 1 aliphatic heterocycles. The van der Waals surface area contributed by atoms with Gasteiger partial charge in [-0.25, -0.2) is 0 Å². The Hall–Kier alpha value is -3.23. The maximum absolute atomic E-state index is 13.2. The summed E-state index contributed by atoms with van der Waals surface area (Å²) < 4.78 is 38.6. The molecule has 0 aliphatic carbocycles. The topological polar surface area (TPSA) is 49.4 Å². The Morgan fingerprint density at radius 1 is 1.00 bits per heavy atom. The average Bonchev–Trinajstić information content (AvgIpc) is 2.83. The highest BCUT2D eigenvalue weighted by Gasteiger charge is 2.31. The van der Waals surface area contributed by atoms with E-state index in [1.165, 1.54) is 34.9 Å². The van der Waals surface area contributed by atoms with Crippen LogP contribution in [-0.4, -0.2) is 24.9 Å². The molecule has 1 aliphatic rings. The quantitative estimate of drug-likeness (QED) is 0.397. The average molecular weight is 517 g/mol. The van der Waals surface area contributed by atoms with Gasteiger partial charge in [-0.15, -0.1) is 0 Å². The van der Waals surface area contributed by atoms with Gasteiger partial charge in [0.2, 0.25) is 5.91 Å². The molecule has 0 aromatic heterocycles. The third-order valence-corrected chi connectivity index (χ3v) is 6.65. The molecule has 1 heterocycles. The molecule has 0 spiro atoms. The summed E-state index contributed by atoms with van der Waals surface area (Å²) in [4.78, 5) is 28.4. The molecule has 9 heteroatoms. The van der Waals surface area contributed by atoms with Crippen LogP contribution in [0.4, 0.5) is 18.9 Å². The number of anilines is 1. The number of fused-ring (bicyclic) bond motifs is 1. The van der Waals surface area contributed by atoms with E-state index < -0.39 is 11.7 Å². The normalized spacial score (nSPS) is 14.7. The van der Waals surface area contributed by atoms with Crippen molar-refractivity contribution in [2.45, 2.75) is 17.5 Å². The SMILES string of the molecule is O=C(CN1C(=O)C(=Cc2ccc(C(F)(F)F)cc2)Sc2ccccc21)NCCc1ccc(Cl)cc1. The lowest BCUT2D eigenvalue weighted by molar-refractivity contribution is -0.137. The van der Waals surface area contributed by atoms with Crippen LogP contribution in [0.1, 0.15) is 16.7 Å². The Labute approximate surface area is 209 Å². The molecule has 4 rings (SSSR count). The lowest BCUT2D eigenvalue weighted by Crippen LogP contribution is -2.43. The van der Waals surface area contributed by atoms with Gasteiger partial charge in [0.05, 0.1) is 16.2 Å². The van der Waals surface area contributed by atoms with Crippen LogP contribution in [-0.2, 0) is 22.2 Å². The van der Waals surface area contributed by atoms with Gasteiger partial charge < -0.3 is 5.32 Å². The lowest BCUT2D eigenvalue weighted by Gasteiger charge is -2.29. The van der Waals surface area contributed by atoms with Gasteiger partial charge in [-0.1, -0.05) is 59.8 Å². The Balaban J connectivity index is 1.48. The molecule has 0 radical (unpaired) electrons. The summed E-state index contributed by atoms with van der Waals surface area (Å²) in [6.07, 6.45) is -2.28. The predicted octanol–water partition coefficient (Wildman–Crippen LogP) is 6.20. The van der Waals surface area contributed by atoms with Crippen LogP contribution >= 0.6 is 23.4 Å². The highest BCUT2D eigenvalue weighted by atomic mass is 35.5. The molecule has 0 fully saturated rings. The number of para-hydroxylation sites is 1. The molecule has 0 unspecified atom stereocenters. The molecule has 0 saturated heterocycles. The van der Waals surface area contributed by atoms with Crippen LogP contribution in [0.25, 0.3) is 6.08 Å². The van der Waals surface area contributed by atoms with Gasteiger partial charge in [-0.3, -0.25) is 14.5 Å². The summed E-state index contributed by atoms with van der Waals surface area (Å²) in [6.45, 7) is 0.217. The van der Waals surface area contributed by atoms with Crippen molar-refractivity contribution in [3.05, 3.63) is 99.4 Å². The number of alkyl halides is 3. The minimum atomic E-state index is -4.43. The number of hydrogen-bond donors (Lipinski definition) is 1. The van der Waals surface area contributed by atoms with Gasteiger partial charge in [-0.2, -0.15) is 13.2 Å². The van der Waals surface area contributed by atoms with Gasteiger partial charge in [0.25, 0.3) is 5.91 Å². The largest absolute Gasteiger partial charge is 0.416 e. The van der Waals surface area contributed by atoms with Crippen LogP contribution in [0.5, 0.6) is 0 Å². The summed E-state index contributed by atoms with van der Waals surface area (Å²) in [5.74, 6) is -0.704. The smallest absolute Gasteiger partial charge is 0.354 e. The van der Waals surface area contributed by atoms with Crippen molar-refractivity contribution in [1.29, 1.82) is 0 Å². The van der Waals surface area contributed by atoms with Gasteiger partial charge in [-0.05, 0) is 60.0 Å². The summed E-state index contributed by atoms with van der Waals surface area (Å²) in [5, 5.41) is 3.47. The number of amides is 2. The molecule has 2 amide bonds. The molecule has 0 saturated carbocycles. The second kappa shape index (κ2) is 10.6. The molecule has 1 N–H and O–H groups in total. The second-order valence-corrected chi connectivity index (χ2v) is 9.34. The molecule has 35 heavy (non-hydrogen) atoms. The number of carbonyl (C=O) groups is 2. The molecule has 180 valence electrons. The van der Waals surface area contributed by atoms with Crippen LogP contribution in [0.3, 0.4) is 0 Å². The monoisotopic (exact) mass is 516 g/mol. The number of nitrogens with one attached hydrogen (secondary N) is 1. The predicted molar refractivity (Wildman–Crippen MR) is 132 cm³/mol. The van der Waals surface area contributed by atoms with Crippen molar-refractivity contribution in [2.24, 2.45) is 0 Å². The molecular weight excluding hydrogens is 497 g/mol. The standard InChI is InChI=1S/C26H20ClF3N2O2S/c27-20-11-7-17(8-12-20)13-14-31-24(33)16-32-21-3-1-2-4-22(21)35-23(25(32)34)15-18-5-9-19(10-6-18)26(28,29)30/h1-12,15H,13-14,16H2,(H,31,33). The van der Waals surface area contributed by atoms with E-state index in [9.17, 15) is 22.8 Å². The maximum Gasteiger partial charge on any atom is 0.416 e. The third kappa shape index (κ3) is 6.26. The zero-order valence-electron chi connectivity index (χ0n) is 18.3. The molecule has 0 bridgehead atoms. The van der Waals surface area contributed by atoms with Crippen molar-refractivity contribution < 1.29 is 22.8 Å². The minimum absolute atomic E-state index is 0.179. The van der Waals surface area contributed by atoms with Gasteiger partial charge >= 0.3 is 6.18 Å². The zero-order valence-corrected chi connectivity index (χ0v) is 19.9. The lowest BCUT2D eigenvalue weighted by atomic mass is 10.1. The van der Waals surface area contributed by atoms with E-state index in [4.69, 9.17) is 11.6 Å². The van der Waals surface area contributed by atoms with E-state index in [0.717, 1.165) is 22.6 Å². The van der Waals surface area contributed by atoms with E-state index in [-0.39, 0.29) is 18.4 Å². The van der Waals surface area contributed by atoms with Gasteiger partial charge in [0.1, 0.15) is 6.54 Å². The number of hydrogen-bond acceptors (Lipinski definition) is 3. The Kier molecular flexibility index (Phi) is 7.52. The summed E-state index contributed by atoms with van der Waals surface area (Å²) in [6, 6.07) is 19.1. The molecule has 3 aromatic carbocycles. The first kappa shape index (κ1) is 24.9. The molecule has 3 aromatic rings. The Morgan fingerprint density at radius 2 is 1.69 bits per heavy atom. The first-order chi connectivity index (χ1) is 16.7. The maximum atomic E-state index is 13.2. The number of nitrogens with zero attached hydrogens (tertiary/aromatic N) is 1. The van der Waals surface area contributed by atoms with E-state index in [0.29, 0.717) is 34.1 Å². The number of benzene rings is 3. The fourth-order valence-corrected chi connectivity index (χ4v) is 4.72. The first-order valence-corrected chi connectivity index (χ1v) is 11.9. The number of carbonyl (C=O) groups excluding carboxylic acids is 2. The van der Waals surface area contributed by atoms with Gasteiger partial charge in [0, 0.05) is 16.5 Å². The molecule has 4 nitrogen and oxygen atoms in total. The number of thioether (sulfide) groups is 1.